The normalized spacial score (nSPS) is 12.7. The Morgan fingerprint density at radius 3 is 1.55 bits per heavy atom. The van der Waals surface area contributed by atoms with E-state index in [2.05, 4.69) is 190 Å². The van der Waals surface area contributed by atoms with E-state index in [9.17, 15) is 0 Å². The average molecular weight is 1140 g/mol. The number of nitrogens with zero attached hydrogens (tertiary/aromatic N) is 4. The first kappa shape index (κ1) is 50.1. The number of rotatable bonds is 5. The minimum atomic E-state index is -2.22. The minimum absolute atomic E-state index is 0.337. The molecule has 0 aliphatic heterocycles. The van der Waals surface area contributed by atoms with E-state index in [0.717, 1.165) is 132 Å². The van der Waals surface area contributed by atoms with E-state index in [1.807, 2.05) is 99.4 Å². The lowest BCUT2D eigenvalue weighted by molar-refractivity contribution is -0.660. The number of fused-ring (bicyclic) bond motifs is 12. The molecule has 424 valence electrons. The van der Waals surface area contributed by atoms with Crippen molar-refractivity contribution in [3.63, 3.8) is 0 Å². The van der Waals surface area contributed by atoms with E-state index in [0.29, 0.717) is 11.3 Å². The smallest absolute Gasteiger partial charge is 0.227 e. The third kappa shape index (κ3) is 9.74. The highest BCUT2D eigenvalue weighted by atomic mass is 16.3. The van der Waals surface area contributed by atoms with E-state index in [1.165, 1.54) is 38.5 Å². The molecule has 0 aliphatic carbocycles. The fourth-order valence-electron chi connectivity index (χ4n) is 12.7. The number of pyridine rings is 4. The van der Waals surface area contributed by atoms with Crippen LogP contribution in [-0.2, 0) is 21.1 Å². The Bertz CT molecular complexity index is 5610. The maximum atomic E-state index is 8.40. The van der Waals surface area contributed by atoms with E-state index in [-0.39, 0.29) is 0 Å². The lowest BCUT2D eigenvalue weighted by Gasteiger charge is -2.10. The quantitative estimate of drug-likeness (QED) is 0.161. The van der Waals surface area contributed by atoms with Gasteiger partial charge in [-0.1, -0.05) is 110 Å². The van der Waals surface area contributed by atoms with Gasteiger partial charge in [-0.05, 0) is 164 Å². The zero-order valence-corrected chi connectivity index (χ0v) is 50.7. The summed E-state index contributed by atoms with van der Waals surface area (Å²) in [5, 5.41) is 12.6. The van der Waals surface area contributed by atoms with Gasteiger partial charge in [0.1, 0.15) is 49.1 Å². The number of benzene rings is 9. The van der Waals surface area contributed by atoms with Crippen molar-refractivity contribution in [3.05, 3.63) is 252 Å². The van der Waals surface area contributed by atoms with E-state index in [4.69, 9.17) is 23.7 Å². The largest absolute Gasteiger partial charge is 0.456 e. The Morgan fingerprint density at radius 1 is 0.414 bits per heavy atom. The van der Waals surface area contributed by atoms with Gasteiger partial charge < -0.3 is 13.3 Å². The van der Waals surface area contributed by atoms with E-state index in [1.54, 1.807) is 6.20 Å². The molecule has 0 N–H and O–H groups in total. The topological polar surface area (TPSA) is 64.0 Å². The zero-order chi connectivity index (χ0) is 63.4. The third-order valence-corrected chi connectivity index (χ3v) is 17.6. The van der Waals surface area contributed by atoms with Crippen LogP contribution in [0.25, 0.3) is 143 Å². The minimum Gasteiger partial charge on any atom is -0.456 e. The molecule has 0 bridgehead atoms. The highest BCUT2D eigenvalue weighted by molar-refractivity contribution is 6.13. The molecule has 16 aromatic rings. The van der Waals surface area contributed by atoms with Gasteiger partial charge in [0.2, 0.25) is 22.8 Å². The number of furan rings is 3. The van der Waals surface area contributed by atoms with Crippen LogP contribution in [0.1, 0.15) is 64.2 Å². The van der Waals surface area contributed by atoms with Crippen molar-refractivity contribution >= 4 is 98.4 Å². The Hall–Kier alpha value is -10.2. The molecule has 16 rings (SSSR count). The Balaban J connectivity index is 0.000000121. The first-order valence-corrected chi connectivity index (χ1v) is 29.6. The third-order valence-electron chi connectivity index (χ3n) is 17.6. The molecular formula is C80H69N4O3+3. The number of hydrogen-bond donors (Lipinski definition) is 0. The van der Waals surface area contributed by atoms with Crippen molar-refractivity contribution < 1.29 is 32.4 Å². The fourth-order valence-corrected chi connectivity index (χ4v) is 12.7. The van der Waals surface area contributed by atoms with Crippen molar-refractivity contribution in [1.29, 1.82) is 0 Å². The molecule has 7 nitrogen and oxygen atoms in total. The predicted octanol–water partition coefficient (Wildman–Crippen LogP) is 19.7. The van der Waals surface area contributed by atoms with Crippen LogP contribution < -0.4 is 13.7 Å². The maximum absolute atomic E-state index is 8.40. The molecule has 0 saturated heterocycles. The molecule has 7 heterocycles. The van der Waals surface area contributed by atoms with Crippen LogP contribution in [0.4, 0.5) is 0 Å². The first-order chi connectivity index (χ1) is 43.6. The van der Waals surface area contributed by atoms with Gasteiger partial charge in [-0.2, -0.15) is 0 Å². The van der Waals surface area contributed by atoms with E-state index >= 15 is 0 Å². The van der Waals surface area contributed by atoms with Gasteiger partial charge in [0.15, 0.2) is 18.6 Å². The summed E-state index contributed by atoms with van der Waals surface area (Å²) in [5.41, 5.74) is 21.4. The summed E-state index contributed by atoms with van der Waals surface area (Å²) in [4.78, 5) is 4.72. The van der Waals surface area contributed by atoms with Crippen molar-refractivity contribution in [1.82, 2.24) is 4.98 Å². The lowest BCUT2D eigenvalue weighted by atomic mass is 9.96. The molecule has 0 unspecified atom stereocenters. The Morgan fingerprint density at radius 2 is 0.920 bits per heavy atom. The first-order valence-electron chi connectivity index (χ1n) is 31.6. The summed E-state index contributed by atoms with van der Waals surface area (Å²) in [6.07, 6.45) is 5.87. The van der Waals surface area contributed by atoms with Crippen LogP contribution in [0.5, 0.6) is 0 Å². The van der Waals surface area contributed by atoms with Gasteiger partial charge >= 0.3 is 0 Å². The number of aromatic nitrogens is 4. The van der Waals surface area contributed by atoms with Crippen LogP contribution in [-0.4, -0.2) is 4.98 Å². The van der Waals surface area contributed by atoms with Crippen LogP contribution in [0.3, 0.4) is 0 Å². The number of aryl methyl sites for hydroxylation is 9. The Kier molecular flexibility index (Phi) is 12.5. The molecule has 7 aromatic heterocycles. The summed E-state index contributed by atoms with van der Waals surface area (Å²) in [6, 6.07) is 67.0. The molecule has 9 aromatic carbocycles. The van der Waals surface area contributed by atoms with Gasteiger partial charge in [-0.25, -0.2) is 18.7 Å². The second kappa shape index (κ2) is 21.7. The SMILES string of the molecule is Cc1cc[n+](C)c(-c2ccc3c(oc4nc5ccccc5cc43)c2C)c1.[2H]C(C)(C)c1cc[n+](C)c(-c2ccc3c(oc4cc5ccccc5cc43)c2C)c1.[2H]C([2H])([2H])c1c[n+](C)c(-c2ccc3c(oc4cc5ccc(C)cc5cc43)c2C)cc1-c1ccccc1. The van der Waals surface area contributed by atoms with Gasteiger partial charge in [-0.3, -0.25) is 0 Å². The monoisotopic (exact) mass is 1140 g/mol. The summed E-state index contributed by atoms with van der Waals surface area (Å²) in [6.45, 7) is 12.2. The predicted molar refractivity (Wildman–Crippen MR) is 359 cm³/mol. The molecule has 7 heteroatoms. The molecule has 0 atom stereocenters. The van der Waals surface area contributed by atoms with Gasteiger partial charge in [0.25, 0.3) is 0 Å². The summed E-state index contributed by atoms with van der Waals surface area (Å²) in [7, 11) is 6.02. The van der Waals surface area contributed by atoms with Crippen molar-refractivity contribution in [3.8, 4) is 44.9 Å². The van der Waals surface area contributed by atoms with Crippen molar-refractivity contribution in [2.45, 2.75) is 61.2 Å². The van der Waals surface area contributed by atoms with Crippen molar-refractivity contribution in [2.75, 3.05) is 0 Å². The lowest BCUT2D eigenvalue weighted by Crippen LogP contribution is -2.31. The average Bonchev–Trinajstić information content (AvgIpc) is 1.68. The molecule has 0 amide bonds. The number of hydrogen-bond acceptors (Lipinski definition) is 4. The highest BCUT2D eigenvalue weighted by Gasteiger charge is 2.24. The molecule has 0 radical (unpaired) electrons. The van der Waals surface area contributed by atoms with Crippen LogP contribution in [0.2, 0.25) is 0 Å². The van der Waals surface area contributed by atoms with E-state index < -0.39 is 12.7 Å². The van der Waals surface area contributed by atoms with Crippen LogP contribution in [0.15, 0.2) is 226 Å². The summed E-state index contributed by atoms with van der Waals surface area (Å²) < 4.78 is 57.9. The van der Waals surface area contributed by atoms with Gasteiger partial charge in [0, 0.05) is 95.8 Å². The number of para-hydroxylation sites is 1. The summed E-state index contributed by atoms with van der Waals surface area (Å²) >= 11 is 0. The van der Waals surface area contributed by atoms with Gasteiger partial charge in [-0.15, -0.1) is 0 Å². The molecule has 0 aliphatic rings. The fraction of sp³-hybridized carbons (Fsp3) is 0.150. The standard InChI is InChI=1S/C31H26NO.C26H24NO.C23H19N2O/c1-19-10-11-23-16-30-28(15-24(23)14-19)26-13-12-25(21(3)31(26)33-30)29-17-27(20(2)18-32(29)4)22-8-6-5-7-9-22;1-16(2)18-11-12-27(4)24(14-18)21-9-10-22-23-13-19-7-5-6-8-20(19)15-25(23)28-26(22)17(21)3;1-14-10-11-25(3)21(12-14)17-8-9-18-19-13-16-6-4-5-7-20(16)24-23(19)26-22(18)15(17)2/h5-18H,1-4H3;5-16H,1-4H3;4-13H,1-3H3/q3*+1/i2D3;16D;. The maximum Gasteiger partial charge on any atom is 0.227 e. The molecule has 0 spiro atoms. The summed E-state index contributed by atoms with van der Waals surface area (Å²) in [5.74, 6) is -0.638. The molecule has 0 saturated carbocycles. The zero-order valence-electron chi connectivity index (χ0n) is 54.7. The second-order valence-corrected chi connectivity index (χ2v) is 23.7. The van der Waals surface area contributed by atoms with Crippen LogP contribution in [0, 0.1) is 41.5 Å². The second-order valence-electron chi connectivity index (χ2n) is 23.7. The highest BCUT2D eigenvalue weighted by Crippen LogP contribution is 2.41. The molecule has 87 heavy (non-hydrogen) atoms. The van der Waals surface area contributed by atoms with Crippen molar-refractivity contribution in [2.24, 2.45) is 21.1 Å². The Labute approximate surface area is 512 Å². The van der Waals surface area contributed by atoms with Crippen LogP contribution >= 0.6 is 0 Å². The molecular weight excluding hydrogens is 1060 g/mol. The molecule has 0 fully saturated rings. The van der Waals surface area contributed by atoms with Gasteiger partial charge in [0.05, 0.1) is 22.2 Å².